The normalized spacial score (nSPS) is 11.3. The molecule has 0 fully saturated rings. The van der Waals surface area contributed by atoms with Gasteiger partial charge in [0.25, 0.3) is 10.1 Å². The van der Waals surface area contributed by atoms with E-state index in [-0.39, 0.29) is 15.8 Å². The van der Waals surface area contributed by atoms with Crippen molar-refractivity contribution in [3.63, 3.8) is 0 Å². The Balaban J connectivity index is 0.000000187. The molecular weight excluding hydrogens is 552 g/mol. The van der Waals surface area contributed by atoms with Gasteiger partial charge in [-0.05, 0) is 61.7 Å². The first-order valence-corrected chi connectivity index (χ1v) is 14.3. The van der Waals surface area contributed by atoms with E-state index in [0.29, 0.717) is 38.0 Å². The lowest BCUT2D eigenvalue weighted by Crippen LogP contribution is -2.08. The van der Waals surface area contributed by atoms with Gasteiger partial charge in [0.2, 0.25) is 0 Å². The van der Waals surface area contributed by atoms with Crippen molar-refractivity contribution in [2.45, 2.75) is 18.7 Å². The van der Waals surface area contributed by atoms with Crippen molar-refractivity contribution in [2.75, 3.05) is 0 Å². The van der Waals surface area contributed by atoms with Crippen LogP contribution in [0.3, 0.4) is 0 Å². The third kappa shape index (κ3) is 5.18. The summed E-state index contributed by atoms with van der Waals surface area (Å²) in [5.41, 5.74) is 4.94. The molecule has 210 valence electrons. The fourth-order valence-corrected chi connectivity index (χ4v) is 5.81. The van der Waals surface area contributed by atoms with Crippen molar-refractivity contribution in [1.29, 1.82) is 0 Å². The lowest BCUT2D eigenvalue weighted by Gasteiger charge is -2.07. The molecule has 2 heterocycles. The van der Waals surface area contributed by atoms with Gasteiger partial charge in [-0.3, -0.25) is 14.1 Å². The van der Waals surface area contributed by atoms with Crippen molar-refractivity contribution < 1.29 is 17.8 Å². The summed E-state index contributed by atoms with van der Waals surface area (Å²) in [6.07, 6.45) is 0. The molecule has 0 aliphatic heterocycles. The van der Waals surface area contributed by atoms with Crippen molar-refractivity contribution in [2.24, 2.45) is 0 Å². The maximum absolute atomic E-state index is 13.0. The van der Waals surface area contributed by atoms with Crippen LogP contribution in [0.25, 0.3) is 54.4 Å². The van der Waals surface area contributed by atoms with E-state index in [1.807, 2.05) is 63.1 Å². The predicted molar refractivity (Wildman–Crippen MR) is 168 cm³/mol. The Bertz CT molecular complexity index is 2270. The maximum atomic E-state index is 13.0. The highest BCUT2D eigenvalue weighted by atomic mass is 32.2. The van der Waals surface area contributed by atoms with Crippen LogP contribution < -0.4 is 10.9 Å². The monoisotopic (exact) mass is 578 g/mol. The van der Waals surface area contributed by atoms with Crippen molar-refractivity contribution in [3.05, 3.63) is 123 Å². The number of hydrogen-bond acceptors (Lipinski definition) is 5. The number of fused-ring (bicyclic) bond motifs is 5. The van der Waals surface area contributed by atoms with E-state index in [2.05, 4.69) is 9.97 Å². The maximum Gasteiger partial charge on any atom is 0.295 e. The summed E-state index contributed by atoms with van der Waals surface area (Å²) in [6, 6.07) is 26.9. The second-order valence-corrected chi connectivity index (χ2v) is 11.3. The van der Waals surface area contributed by atoms with Crippen LogP contribution in [-0.2, 0) is 14.9 Å². The summed E-state index contributed by atoms with van der Waals surface area (Å²) in [6.45, 7) is 5.93. The quantitative estimate of drug-likeness (QED) is 0.157. The Morgan fingerprint density at radius 3 is 1.52 bits per heavy atom. The van der Waals surface area contributed by atoms with Gasteiger partial charge in [0.15, 0.2) is 10.9 Å². The number of carbonyl (C=O) groups excluding carboxylic acids is 1. The van der Waals surface area contributed by atoms with Crippen LogP contribution in [0.4, 0.5) is 0 Å². The second-order valence-electron chi connectivity index (χ2n) is 9.90. The van der Waals surface area contributed by atoms with Crippen LogP contribution >= 0.6 is 0 Å². The fraction of sp³-hybridized carbons (Fsp3) is 0.0606. The second kappa shape index (κ2) is 11.0. The highest BCUT2D eigenvalue weighted by Crippen LogP contribution is 2.23. The van der Waals surface area contributed by atoms with E-state index in [0.717, 1.165) is 27.5 Å². The van der Waals surface area contributed by atoms with Gasteiger partial charge in [-0.2, -0.15) is 8.42 Å². The summed E-state index contributed by atoms with van der Waals surface area (Å²) in [4.78, 5) is 40.5. The SMILES string of the molecule is C=O.Cc1ccc2[nH]c3cc4c(=O)c5cc(C)ccc5[nH]c4cc3c(=O)c2c1.O=S(=O)(O)c1cccc2ccccc12. The lowest BCUT2D eigenvalue weighted by molar-refractivity contribution is -0.0980. The zero-order valence-corrected chi connectivity index (χ0v) is 23.6. The van der Waals surface area contributed by atoms with Crippen molar-refractivity contribution in [1.82, 2.24) is 9.97 Å². The van der Waals surface area contributed by atoms with Gasteiger partial charge >= 0.3 is 0 Å². The average Bonchev–Trinajstić information content (AvgIpc) is 2.98. The summed E-state index contributed by atoms with van der Waals surface area (Å²) in [7, 11) is -4.13. The number of aromatic amines is 2. The van der Waals surface area contributed by atoms with Crippen LogP contribution in [0.15, 0.2) is 105 Å². The first kappa shape index (κ1) is 28.4. The Hall–Kier alpha value is -5.12. The molecule has 3 N–H and O–H groups in total. The van der Waals surface area contributed by atoms with Gasteiger partial charge in [0, 0.05) is 38.0 Å². The molecule has 8 nitrogen and oxygen atoms in total. The molecule has 0 saturated carbocycles. The van der Waals surface area contributed by atoms with Crippen molar-refractivity contribution >= 4 is 71.3 Å². The fourth-order valence-electron chi connectivity index (χ4n) is 5.09. The minimum atomic E-state index is -4.13. The van der Waals surface area contributed by atoms with Crippen LogP contribution in [0.1, 0.15) is 11.1 Å². The molecule has 7 rings (SSSR count). The average molecular weight is 579 g/mol. The van der Waals surface area contributed by atoms with Gasteiger partial charge in [-0.1, -0.05) is 59.7 Å². The summed E-state index contributed by atoms with van der Waals surface area (Å²) < 4.78 is 31.0. The number of hydrogen-bond donors (Lipinski definition) is 3. The third-order valence-electron chi connectivity index (χ3n) is 7.05. The van der Waals surface area contributed by atoms with Gasteiger partial charge in [-0.15, -0.1) is 0 Å². The number of aromatic nitrogens is 2. The molecule has 7 aromatic rings. The number of nitrogens with one attached hydrogen (secondary N) is 2. The van der Waals surface area contributed by atoms with Crippen molar-refractivity contribution in [3.8, 4) is 0 Å². The third-order valence-corrected chi connectivity index (χ3v) is 7.96. The Morgan fingerprint density at radius 1 is 0.571 bits per heavy atom. The van der Waals surface area contributed by atoms with Gasteiger partial charge < -0.3 is 14.8 Å². The molecular formula is C33H26N2O6S. The number of rotatable bonds is 1. The van der Waals surface area contributed by atoms with Crippen LogP contribution in [0, 0.1) is 13.8 Å². The van der Waals surface area contributed by atoms with E-state index in [1.54, 1.807) is 42.5 Å². The predicted octanol–water partition coefficient (Wildman–Crippen LogP) is 6.19. The molecule has 0 radical (unpaired) electrons. The highest BCUT2D eigenvalue weighted by molar-refractivity contribution is 7.86. The topological polar surface area (TPSA) is 137 Å². The number of pyridine rings is 2. The molecule has 0 atom stereocenters. The first-order chi connectivity index (χ1) is 20.1. The molecule has 0 amide bonds. The standard InChI is InChI=1S/C22H16N2O2.C10H8O3S.CH2O/c1-11-3-5-17-13(7-11)21(25)15-9-20-16(10-19(15)23-17)22(26)14-8-12(2)4-6-18(14)24-20;11-14(12,13)10-7-3-5-8-4-1-2-6-9(8)10;1-2/h3-10H,1-2H3,(H,23,25)(H,24,26);1-7H,(H,11,12,13);1H2. The molecule has 0 bridgehead atoms. The molecule has 0 saturated heterocycles. The zero-order chi connectivity index (χ0) is 30.2. The molecule has 42 heavy (non-hydrogen) atoms. The molecule has 9 heteroatoms. The number of H-pyrrole nitrogens is 2. The minimum absolute atomic E-state index is 0.0239. The van der Waals surface area contributed by atoms with Crippen LogP contribution in [0.2, 0.25) is 0 Å². The summed E-state index contributed by atoms with van der Waals surface area (Å²) >= 11 is 0. The minimum Gasteiger partial charge on any atom is -0.354 e. The lowest BCUT2D eigenvalue weighted by atomic mass is 10.0. The Kier molecular flexibility index (Phi) is 7.47. The molecule has 0 aliphatic carbocycles. The Morgan fingerprint density at radius 2 is 1.02 bits per heavy atom. The van der Waals surface area contributed by atoms with Crippen LogP contribution in [0.5, 0.6) is 0 Å². The molecule has 5 aromatic carbocycles. The molecule has 0 spiro atoms. The van der Waals surface area contributed by atoms with E-state index >= 15 is 0 Å². The number of benzene rings is 5. The van der Waals surface area contributed by atoms with E-state index in [4.69, 9.17) is 9.35 Å². The van der Waals surface area contributed by atoms with E-state index in [1.165, 1.54) is 6.07 Å². The van der Waals surface area contributed by atoms with E-state index in [9.17, 15) is 18.0 Å². The smallest absolute Gasteiger partial charge is 0.295 e. The largest absolute Gasteiger partial charge is 0.354 e. The summed E-state index contributed by atoms with van der Waals surface area (Å²) in [5.74, 6) is 0. The first-order valence-electron chi connectivity index (χ1n) is 12.9. The molecule has 0 unspecified atom stereocenters. The van der Waals surface area contributed by atoms with Gasteiger partial charge in [0.1, 0.15) is 11.7 Å². The molecule has 2 aromatic heterocycles. The van der Waals surface area contributed by atoms with E-state index < -0.39 is 10.1 Å². The zero-order valence-electron chi connectivity index (χ0n) is 22.8. The molecule has 0 aliphatic rings. The van der Waals surface area contributed by atoms with Gasteiger partial charge in [0.05, 0.1) is 11.0 Å². The van der Waals surface area contributed by atoms with Crippen LogP contribution in [-0.4, -0.2) is 29.7 Å². The Labute approximate surface area is 240 Å². The summed E-state index contributed by atoms with van der Waals surface area (Å²) in [5, 5.41) is 3.82. The highest BCUT2D eigenvalue weighted by Gasteiger charge is 2.13. The number of carbonyl (C=O) groups is 1. The number of aryl methyl sites for hydroxylation is 2. The van der Waals surface area contributed by atoms with Gasteiger partial charge in [-0.25, -0.2) is 0 Å².